The molecule has 5 heteroatoms. The summed E-state index contributed by atoms with van der Waals surface area (Å²) < 4.78 is 0. The molecule has 1 aliphatic rings. The summed E-state index contributed by atoms with van der Waals surface area (Å²) in [6.45, 7) is 6.44. The Morgan fingerprint density at radius 1 is 1.53 bits per heavy atom. The first kappa shape index (κ1) is 14.4. The van der Waals surface area contributed by atoms with Crippen molar-refractivity contribution in [1.29, 1.82) is 0 Å². The second-order valence-corrected chi connectivity index (χ2v) is 5.20. The molecule has 0 radical (unpaired) electrons. The fraction of sp³-hybridized carbons (Fsp3) is 0.917. The SMILES string of the molecule is CCC(C)(O)CN(CC(N)=O)C1CCNCC1. The Bertz CT molecular complexity index is 250. The third kappa shape index (κ3) is 5.02. The average molecular weight is 243 g/mol. The van der Waals surface area contributed by atoms with Crippen LogP contribution in [0.5, 0.6) is 0 Å². The Hall–Kier alpha value is -0.650. The van der Waals surface area contributed by atoms with Crippen LogP contribution in [0.3, 0.4) is 0 Å². The Balaban J connectivity index is 2.61. The third-order valence-corrected chi connectivity index (χ3v) is 3.49. The fourth-order valence-electron chi connectivity index (χ4n) is 2.24. The van der Waals surface area contributed by atoms with Gasteiger partial charge in [0.2, 0.25) is 5.91 Å². The molecular weight excluding hydrogens is 218 g/mol. The summed E-state index contributed by atoms with van der Waals surface area (Å²) in [5, 5.41) is 13.4. The number of carbonyl (C=O) groups excluding carboxylic acids is 1. The molecule has 0 saturated carbocycles. The van der Waals surface area contributed by atoms with Gasteiger partial charge in [0, 0.05) is 12.6 Å². The smallest absolute Gasteiger partial charge is 0.231 e. The van der Waals surface area contributed by atoms with Gasteiger partial charge in [-0.25, -0.2) is 0 Å². The highest BCUT2D eigenvalue weighted by molar-refractivity contribution is 5.76. The van der Waals surface area contributed by atoms with Crippen LogP contribution >= 0.6 is 0 Å². The van der Waals surface area contributed by atoms with Crippen molar-refractivity contribution in [2.45, 2.75) is 44.8 Å². The van der Waals surface area contributed by atoms with Gasteiger partial charge in [-0.2, -0.15) is 0 Å². The van der Waals surface area contributed by atoms with E-state index in [1.165, 1.54) is 0 Å². The molecule has 1 atom stereocenters. The Morgan fingerprint density at radius 3 is 2.59 bits per heavy atom. The monoisotopic (exact) mass is 243 g/mol. The summed E-state index contributed by atoms with van der Waals surface area (Å²) in [4.78, 5) is 13.1. The van der Waals surface area contributed by atoms with E-state index in [2.05, 4.69) is 5.32 Å². The maximum absolute atomic E-state index is 11.1. The van der Waals surface area contributed by atoms with E-state index >= 15 is 0 Å². The van der Waals surface area contributed by atoms with Crippen molar-refractivity contribution >= 4 is 5.91 Å². The molecule has 1 unspecified atom stereocenters. The van der Waals surface area contributed by atoms with Gasteiger partial charge in [-0.3, -0.25) is 9.69 Å². The van der Waals surface area contributed by atoms with Gasteiger partial charge in [-0.1, -0.05) is 6.92 Å². The van der Waals surface area contributed by atoms with E-state index < -0.39 is 5.60 Å². The van der Waals surface area contributed by atoms with Gasteiger partial charge in [-0.05, 0) is 39.3 Å². The van der Waals surface area contributed by atoms with Gasteiger partial charge in [0.05, 0.1) is 12.1 Å². The molecule has 0 aromatic heterocycles. The number of amides is 1. The number of nitrogens with one attached hydrogen (secondary N) is 1. The predicted molar refractivity (Wildman–Crippen MR) is 67.6 cm³/mol. The largest absolute Gasteiger partial charge is 0.389 e. The summed E-state index contributed by atoms with van der Waals surface area (Å²) in [6, 6.07) is 0.349. The minimum atomic E-state index is -0.750. The van der Waals surface area contributed by atoms with Crippen molar-refractivity contribution in [3.05, 3.63) is 0 Å². The van der Waals surface area contributed by atoms with Gasteiger partial charge in [0.25, 0.3) is 0 Å². The number of hydrogen-bond donors (Lipinski definition) is 3. The highest BCUT2D eigenvalue weighted by atomic mass is 16.3. The lowest BCUT2D eigenvalue weighted by atomic mass is 9.98. The molecule has 0 spiro atoms. The summed E-state index contributed by atoms with van der Waals surface area (Å²) >= 11 is 0. The van der Waals surface area contributed by atoms with Crippen LogP contribution in [0.2, 0.25) is 0 Å². The second kappa shape index (κ2) is 6.33. The van der Waals surface area contributed by atoms with E-state index in [0.29, 0.717) is 19.0 Å². The molecule has 0 aromatic rings. The van der Waals surface area contributed by atoms with Gasteiger partial charge in [0.1, 0.15) is 0 Å². The topological polar surface area (TPSA) is 78.6 Å². The zero-order chi connectivity index (χ0) is 12.9. The molecular formula is C12H25N3O2. The van der Waals surface area contributed by atoms with E-state index in [-0.39, 0.29) is 12.5 Å². The van der Waals surface area contributed by atoms with Crippen molar-refractivity contribution in [2.24, 2.45) is 5.73 Å². The fourth-order valence-corrected chi connectivity index (χ4v) is 2.24. The van der Waals surface area contributed by atoms with Crippen LogP contribution < -0.4 is 11.1 Å². The second-order valence-electron chi connectivity index (χ2n) is 5.20. The van der Waals surface area contributed by atoms with Crippen molar-refractivity contribution < 1.29 is 9.90 Å². The molecule has 4 N–H and O–H groups in total. The normalized spacial score (nSPS) is 21.4. The summed E-state index contributed by atoms with van der Waals surface area (Å²) in [5.74, 6) is -0.324. The molecule has 1 heterocycles. The van der Waals surface area contributed by atoms with Crippen LogP contribution in [0.4, 0.5) is 0 Å². The van der Waals surface area contributed by atoms with Crippen molar-refractivity contribution in [3.63, 3.8) is 0 Å². The molecule has 1 fully saturated rings. The number of nitrogens with two attached hydrogens (primary N) is 1. The van der Waals surface area contributed by atoms with Crippen molar-refractivity contribution in [2.75, 3.05) is 26.2 Å². The Morgan fingerprint density at radius 2 is 2.12 bits per heavy atom. The molecule has 100 valence electrons. The molecule has 0 aliphatic carbocycles. The molecule has 0 aromatic carbocycles. The maximum atomic E-state index is 11.1. The molecule has 1 amide bonds. The first-order chi connectivity index (χ1) is 7.94. The number of rotatable bonds is 6. The van der Waals surface area contributed by atoms with E-state index in [9.17, 15) is 9.90 Å². The van der Waals surface area contributed by atoms with Crippen LogP contribution in [0, 0.1) is 0 Å². The van der Waals surface area contributed by atoms with Gasteiger partial charge in [-0.15, -0.1) is 0 Å². The lowest BCUT2D eigenvalue weighted by Gasteiger charge is -2.38. The maximum Gasteiger partial charge on any atom is 0.231 e. The van der Waals surface area contributed by atoms with Crippen LogP contribution in [0.25, 0.3) is 0 Å². The summed E-state index contributed by atoms with van der Waals surface area (Å²) in [5.41, 5.74) is 4.53. The Kier molecular flexibility index (Phi) is 5.36. The highest BCUT2D eigenvalue weighted by Gasteiger charge is 2.28. The zero-order valence-corrected chi connectivity index (χ0v) is 10.9. The first-order valence-corrected chi connectivity index (χ1v) is 6.40. The van der Waals surface area contributed by atoms with Gasteiger partial charge >= 0.3 is 0 Å². The predicted octanol–water partition coefficient (Wildman–Crippen LogP) is -0.313. The molecule has 5 nitrogen and oxygen atoms in total. The number of nitrogens with zero attached hydrogens (tertiary/aromatic N) is 1. The molecule has 1 rings (SSSR count). The zero-order valence-electron chi connectivity index (χ0n) is 10.9. The lowest BCUT2D eigenvalue weighted by molar-refractivity contribution is -0.120. The van der Waals surface area contributed by atoms with Gasteiger partial charge < -0.3 is 16.2 Å². The van der Waals surface area contributed by atoms with E-state index in [1.54, 1.807) is 0 Å². The van der Waals surface area contributed by atoms with E-state index in [1.807, 2.05) is 18.7 Å². The summed E-state index contributed by atoms with van der Waals surface area (Å²) in [6.07, 6.45) is 2.69. The van der Waals surface area contributed by atoms with Crippen molar-refractivity contribution in [3.8, 4) is 0 Å². The number of carbonyl (C=O) groups is 1. The standard InChI is InChI=1S/C12H25N3O2/c1-3-12(2,17)9-15(8-11(13)16)10-4-6-14-7-5-10/h10,14,17H,3-9H2,1-2H3,(H2,13,16). The van der Waals surface area contributed by atoms with E-state index in [0.717, 1.165) is 25.9 Å². The minimum Gasteiger partial charge on any atom is -0.389 e. The third-order valence-electron chi connectivity index (χ3n) is 3.49. The van der Waals surface area contributed by atoms with Crippen LogP contribution in [-0.2, 0) is 4.79 Å². The van der Waals surface area contributed by atoms with Crippen molar-refractivity contribution in [1.82, 2.24) is 10.2 Å². The molecule has 1 aliphatic heterocycles. The quantitative estimate of drug-likeness (QED) is 0.598. The number of hydrogen-bond acceptors (Lipinski definition) is 4. The highest BCUT2D eigenvalue weighted by Crippen LogP contribution is 2.17. The Labute approximate surface area is 103 Å². The van der Waals surface area contributed by atoms with E-state index in [4.69, 9.17) is 5.73 Å². The molecule has 1 saturated heterocycles. The number of piperidine rings is 1. The minimum absolute atomic E-state index is 0.237. The van der Waals surface area contributed by atoms with Gasteiger partial charge in [0.15, 0.2) is 0 Å². The van der Waals surface area contributed by atoms with Crippen LogP contribution in [-0.4, -0.2) is 53.7 Å². The average Bonchev–Trinajstić information content (AvgIpc) is 2.28. The summed E-state index contributed by atoms with van der Waals surface area (Å²) in [7, 11) is 0. The molecule has 0 bridgehead atoms. The number of aliphatic hydroxyl groups is 1. The first-order valence-electron chi connectivity index (χ1n) is 6.40. The lowest BCUT2D eigenvalue weighted by Crippen LogP contribution is -2.51. The van der Waals surface area contributed by atoms with Crippen LogP contribution in [0.15, 0.2) is 0 Å². The number of primary amides is 1. The van der Waals surface area contributed by atoms with Crippen LogP contribution in [0.1, 0.15) is 33.1 Å². The molecule has 17 heavy (non-hydrogen) atoms.